The Balaban J connectivity index is 1.29. The first-order valence-corrected chi connectivity index (χ1v) is 10.2. The smallest absolute Gasteiger partial charge is 0.284 e. The lowest BCUT2D eigenvalue weighted by Crippen LogP contribution is -2.49. The van der Waals surface area contributed by atoms with Gasteiger partial charge in [-0.05, 0) is 30.3 Å². The third-order valence-electron chi connectivity index (χ3n) is 5.20. The lowest BCUT2D eigenvalue weighted by atomic mass is 10.2. The van der Waals surface area contributed by atoms with Crippen molar-refractivity contribution < 1.29 is 19.1 Å². The maximum Gasteiger partial charge on any atom is 0.284 e. The fraction of sp³-hybridized carbons (Fsp3) is 0.318. The monoisotopic (exact) mass is 429 g/mol. The van der Waals surface area contributed by atoms with E-state index in [2.05, 4.69) is 15.9 Å². The number of hydrogen-bond donors (Lipinski definition) is 2. The molecule has 0 aliphatic carbocycles. The van der Waals surface area contributed by atoms with Crippen molar-refractivity contribution in [2.45, 2.75) is 6.10 Å². The Morgan fingerprint density at radius 3 is 2.67 bits per heavy atom. The van der Waals surface area contributed by atoms with Crippen LogP contribution in [0.2, 0.25) is 5.02 Å². The fourth-order valence-corrected chi connectivity index (χ4v) is 3.85. The van der Waals surface area contributed by atoms with Gasteiger partial charge in [-0.3, -0.25) is 9.69 Å². The van der Waals surface area contributed by atoms with Crippen LogP contribution in [0, 0.1) is 0 Å². The van der Waals surface area contributed by atoms with Crippen LogP contribution in [0.4, 0.5) is 5.69 Å². The van der Waals surface area contributed by atoms with Crippen LogP contribution < -0.4 is 15.4 Å². The normalized spacial score (nSPS) is 16.0. The molecular formula is C22H24ClN3O4. The summed E-state index contributed by atoms with van der Waals surface area (Å²) in [4.78, 5) is 15.8. The number of furan rings is 1. The zero-order valence-electron chi connectivity index (χ0n) is 16.5. The molecule has 3 N–H and O–H groups in total. The van der Waals surface area contributed by atoms with Gasteiger partial charge in [0.2, 0.25) is 0 Å². The minimum absolute atomic E-state index is 0.0826. The summed E-state index contributed by atoms with van der Waals surface area (Å²) in [5.41, 5.74) is 6.85. The number of hydrogen-bond acceptors (Lipinski definition) is 6. The first-order valence-electron chi connectivity index (χ1n) is 9.86. The molecule has 1 saturated heterocycles. The molecule has 1 aliphatic heterocycles. The fourth-order valence-electron chi connectivity index (χ4n) is 3.67. The maximum atomic E-state index is 11.3. The number of aliphatic hydroxyl groups is 1. The molecule has 158 valence electrons. The first-order chi connectivity index (χ1) is 14.5. The molecule has 0 saturated carbocycles. The number of carbonyl (C=O) groups is 1. The minimum atomic E-state index is -0.649. The number of carbonyl (C=O) groups excluding carboxylic acids is 1. The molecule has 0 bridgehead atoms. The summed E-state index contributed by atoms with van der Waals surface area (Å²) in [6.45, 7) is 4.08. The van der Waals surface area contributed by atoms with Crippen molar-refractivity contribution in [3.63, 3.8) is 0 Å². The van der Waals surface area contributed by atoms with E-state index in [-0.39, 0.29) is 12.4 Å². The van der Waals surface area contributed by atoms with Crippen LogP contribution in [0.5, 0.6) is 5.75 Å². The van der Waals surface area contributed by atoms with Crippen molar-refractivity contribution >= 4 is 34.2 Å². The molecule has 30 heavy (non-hydrogen) atoms. The number of aliphatic hydroxyl groups excluding tert-OH is 1. The molecule has 1 aliphatic rings. The Hall–Kier alpha value is -2.74. The molecule has 2 heterocycles. The average Bonchev–Trinajstić information content (AvgIpc) is 3.18. The van der Waals surface area contributed by atoms with Gasteiger partial charge in [0.25, 0.3) is 5.91 Å². The van der Waals surface area contributed by atoms with Gasteiger partial charge >= 0.3 is 0 Å². The van der Waals surface area contributed by atoms with Gasteiger partial charge in [0.1, 0.15) is 12.7 Å². The standard InChI is InChI=1S/C22H24ClN3O4/c23-16-4-2-5-17(12-16)26-9-7-25(8-10-26)13-18(27)14-29-19-6-1-3-15-11-20(22(24)28)30-21(15)19/h1-6,11-12,18,27H,7-10,13-14H2,(H2,24,28). The van der Waals surface area contributed by atoms with E-state index in [0.717, 1.165) is 42.3 Å². The number of nitrogens with two attached hydrogens (primary N) is 1. The van der Waals surface area contributed by atoms with Crippen LogP contribution in [-0.2, 0) is 0 Å². The molecule has 4 rings (SSSR count). The van der Waals surface area contributed by atoms with E-state index < -0.39 is 12.0 Å². The number of piperazine rings is 1. The van der Waals surface area contributed by atoms with Crippen LogP contribution in [-0.4, -0.2) is 61.3 Å². The maximum absolute atomic E-state index is 11.3. The number of amides is 1. The molecule has 3 aromatic rings. The Morgan fingerprint density at radius 2 is 1.93 bits per heavy atom. The molecule has 0 spiro atoms. The van der Waals surface area contributed by atoms with Gasteiger partial charge in [-0.15, -0.1) is 0 Å². The molecular weight excluding hydrogens is 406 g/mol. The zero-order valence-corrected chi connectivity index (χ0v) is 17.2. The second kappa shape index (κ2) is 8.95. The average molecular weight is 430 g/mol. The quantitative estimate of drug-likeness (QED) is 0.600. The third-order valence-corrected chi connectivity index (χ3v) is 5.43. The van der Waals surface area contributed by atoms with Crippen molar-refractivity contribution in [2.75, 3.05) is 44.2 Å². The Labute approximate surface area is 179 Å². The number of primary amides is 1. The van der Waals surface area contributed by atoms with E-state index in [0.29, 0.717) is 17.9 Å². The summed E-state index contributed by atoms with van der Waals surface area (Å²) < 4.78 is 11.3. The highest BCUT2D eigenvalue weighted by Crippen LogP contribution is 2.29. The number of benzene rings is 2. The highest BCUT2D eigenvalue weighted by molar-refractivity contribution is 6.30. The van der Waals surface area contributed by atoms with Crippen molar-refractivity contribution in [3.05, 3.63) is 59.3 Å². The number of rotatable bonds is 7. The molecule has 0 radical (unpaired) electrons. The molecule has 2 aromatic carbocycles. The van der Waals surface area contributed by atoms with Gasteiger partial charge < -0.3 is 24.9 Å². The number of ether oxygens (including phenoxy) is 1. The van der Waals surface area contributed by atoms with Gasteiger partial charge in [0.05, 0.1) is 0 Å². The summed E-state index contributed by atoms with van der Waals surface area (Å²) in [6, 6.07) is 14.8. The van der Waals surface area contributed by atoms with Gasteiger partial charge in [-0.2, -0.15) is 0 Å². The lowest BCUT2D eigenvalue weighted by Gasteiger charge is -2.36. The Bertz CT molecular complexity index is 1030. The van der Waals surface area contributed by atoms with Gasteiger partial charge in [0.15, 0.2) is 17.1 Å². The molecule has 1 unspecified atom stereocenters. The highest BCUT2D eigenvalue weighted by Gasteiger charge is 2.20. The van der Waals surface area contributed by atoms with E-state index >= 15 is 0 Å². The van der Waals surface area contributed by atoms with E-state index in [1.165, 1.54) is 0 Å². The van der Waals surface area contributed by atoms with Gasteiger partial charge in [-0.1, -0.05) is 29.8 Å². The topological polar surface area (TPSA) is 92.2 Å². The SMILES string of the molecule is NC(=O)c1cc2cccc(OCC(O)CN3CCN(c4cccc(Cl)c4)CC3)c2o1. The minimum Gasteiger partial charge on any atom is -0.487 e. The second-order valence-corrected chi connectivity index (χ2v) is 7.82. The van der Waals surface area contributed by atoms with Crippen molar-refractivity contribution in [1.29, 1.82) is 0 Å². The predicted molar refractivity (Wildman–Crippen MR) is 116 cm³/mol. The Kier molecular flexibility index (Phi) is 6.13. The number of nitrogens with zero attached hydrogens (tertiary/aromatic N) is 2. The lowest BCUT2D eigenvalue weighted by molar-refractivity contribution is 0.0664. The molecule has 1 aromatic heterocycles. The zero-order chi connectivity index (χ0) is 21.1. The second-order valence-electron chi connectivity index (χ2n) is 7.38. The van der Waals surface area contributed by atoms with Gasteiger partial charge in [-0.25, -0.2) is 0 Å². The number of halogens is 1. The van der Waals surface area contributed by atoms with Crippen molar-refractivity contribution in [3.8, 4) is 5.75 Å². The number of anilines is 1. The molecule has 1 atom stereocenters. The molecule has 1 fully saturated rings. The predicted octanol–water partition coefficient (Wildman–Crippen LogP) is 2.75. The van der Waals surface area contributed by atoms with Crippen LogP contribution in [0.25, 0.3) is 11.0 Å². The third kappa shape index (κ3) is 4.70. The van der Waals surface area contributed by atoms with Crippen LogP contribution in [0.15, 0.2) is 52.9 Å². The summed E-state index contributed by atoms with van der Waals surface area (Å²) in [6.07, 6.45) is -0.649. The van der Waals surface area contributed by atoms with Crippen LogP contribution in [0.3, 0.4) is 0 Å². The van der Waals surface area contributed by atoms with Crippen molar-refractivity contribution in [2.24, 2.45) is 5.73 Å². The number of β-amino-alcohol motifs (C(OH)–C–C–N with tert-alkyl or cyclic N) is 1. The summed E-state index contributed by atoms with van der Waals surface area (Å²) in [5, 5.41) is 11.9. The molecule has 8 heteroatoms. The summed E-state index contributed by atoms with van der Waals surface area (Å²) in [5.74, 6) is -0.0712. The van der Waals surface area contributed by atoms with E-state index in [4.69, 9.17) is 26.5 Å². The Morgan fingerprint density at radius 1 is 1.17 bits per heavy atom. The molecule has 1 amide bonds. The summed E-state index contributed by atoms with van der Waals surface area (Å²) in [7, 11) is 0. The van der Waals surface area contributed by atoms with Crippen molar-refractivity contribution in [1.82, 2.24) is 4.90 Å². The van der Waals surface area contributed by atoms with E-state index in [9.17, 15) is 9.90 Å². The molecule has 7 nitrogen and oxygen atoms in total. The van der Waals surface area contributed by atoms with Crippen LogP contribution in [0.1, 0.15) is 10.6 Å². The van der Waals surface area contributed by atoms with Crippen LogP contribution >= 0.6 is 11.6 Å². The largest absolute Gasteiger partial charge is 0.487 e. The van der Waals surface area contributed by atoms with E-state index in [1.54, 1.807) is 18.2 Å². The summed E-state index contributed by atoms with van der Waals surface area (Å²) >= 11 is 6.09. The number of fused-ring (bicyclic) bond motifs is 1. The first kappa shape index (κ1) is 20.5. The van der Waals surface area contributed by atoms with E-state index in [1.807, 2.05) is 24.3 Å². The highest BCUT2D eigenvalue weighted by atomic mass is 35.5. The number of para-hydroxylation sites is 1. The van der Waals surface area contributed by atoms with Gasteiger partial charge in [0, 0.05) is 48.8 Å².